The normalized spacial score (nSPS) is 14.2. The molecule has 0 saturated carbocycles. The standard InChI is InChI=1S/C24H24N4O5S/c1-5-32-20-13-16(11-12-19(20)33-15(4)30)23-27(14(3)29)18-10-8-7-9-17(18)21-22(31)25-24(34-6-2)26-28(21)23/h7-13,23H,5-6H2,1-4H3/p+1/t23-/m0/s1. The number of esters is 1. The molecule has 0 spiro atoms. The highest BCUT2D eigenvalue weighted by Crippen LogP contribution is 2.39. The van der Waals surface area contributed by atoms with Crippen molar-refractivity contribution >= 4 is 29.3 Å². The van der Waals surface area contributed by atoms with Crippen molar-refractivity contribution in [1.82, 2.24) is 10.1 Å². The molecule has 2 heterocycles. The molecule has 1 aliphatic heterocycles. The van der Waals surface area contributed by atoms with E-state index in [-0.39, 0.29) is 17.2 Å². The number of aromatic amines is 1. The van der Waals surface area contributed by atoms with Crippen LogP contribution in [0.3, 0.4) is 0 Å². The minimum absolute atomic E-state index is 0.218. The van der Waals surface area contributed by atoms with E-state index >= 15 is 0 Å². The summed E-state index contributed by atoms with van der Waals surface area (Å²) in [7, 11) is 0. The van der Waals surface area contributed by atoms with E-state index in [1.165, 1.54) is 25.6 Å². The molecule has 0 radical (unpaired) electrons. The number of fused-ring (bicyclic) bond motifs is 3. The van der Waals surface area contributed by atoms with Gasteiger partial charge in [-0.15, -0.1) is 0 Å². The third-order valence-electron chi connectivity index (χ3n) is 5.20. The Morgan fingerprint density at radius 2 is 1.91 bits per heavy atom. The number of benzene rings is 2. The number of carbonyl (C=O) groups excluding carboxylic acids is 2. The van der Waals surface area contributed by atoms with Gasteiger partial charge in [-0.1, -0.05) is 30.8 Å². The molecule has 1 aromatic heterocycles. The van der Waals surface area contributed by atoms with Gasteiger partial charge in [-0.2, -0.15) is 0 Å². The Morgan fingerprint density at radius 3 is 2.59 bits per heavy atom. The highest BCUT2D eigenvalue weighted by molar-refractivity contribution is 7.99. The molecule has 1 amide bonds. The summed E-state index contributed by atoms with van der Waals surface area (Å²) in [5.74, 6) is 0.651. The van der Waals surface area contributed by atoms with E-state index in [1.807, 2.05) is 26.0 Å². The predicted octanol–water partition coefficient (Wildman–Crippen LogP) is 3.07. The molecule has 0 saturated heterocycles. The number of aromatic nitrogens is 3. The van der Waals surface area contributed by atoms with Crippen molar-refractivity contribution in [3.8, 4) is 22.8 Å². The largest absolute Gasteiger partial charge is 0.490 e. The lowest BCUT2D eigenvalue weighted by atomic mass is 10.0. The van der Waals surface area contributed by atoms with E-state index in [2.05, 4.69) is 4.98 Å². The number of para-hydroxylation sites is 1. The summed E-state index contributed by atoms with van der Waals surface area (Å²) in [6, 6.07) is 12.3. The van der Waals surface area contributed by atoms with Gasteiger partial charge in [-0.05, 0) is 47.7 Å². The molecular weight excluding hydrogens is 456 g/mol. The molecule has 4 rings (SSSR count). The van der Waals surface area contributed by atoms with Crippen LogP contribution in [0.25, 0.3) is 11.3 Å². The zero-order chi connectivity index (χ0) is 24.4. The van der Waals surface area contributed by atoms with Crippen molar-refractivity contribution in [1.29, 1.82) is 0 Å². The maximum Gasteiger partial charge on any atom is 0.325 e. The average molecular weight is 482 g/mol. The summed E-state index contributed by atoms with van der Waals surface area (Å²) in [5.41, 5.74) is 1.90. The minimum atomic E-state index is -0.758. The molecule has 1 atom stereocenters. The Bertz CT molecular complexity index is 1320. The van der Waals surface area contributed by atoms with Crippen molar-refractivity contribution < 1.29 is 23.7 Å². The van der Waals surface area contributed by atoms with Crippen molar-refractivity contribution in [3.05, 3.63) is 58.4 Å². The molecule has 9 nitrogen and oxygen atoms in total. The SMILES string of the molecule is CCOc1cc([C@H]2N(C(C)=O)c3ccccc3-c3c(=O)[nH]c(SCC)n[n+]32)ccc1OC(C)=O. The molecule has 2 aromatic carbocycles. The smallest absolute Gasteiger partial charge is 0.325 e. The van der Waals surface area contributed by atoms with Crippen LogP contribution in [0.2, 0.25) is 0 Å². The monoisotopic (exact) mass is 481 g/mol. The van der Waals surface area contributed by atoms with Gasteiger partial charge < -0.3 is 9.47 Å². The summed E-state index contributed by atoms with van der Waals surface area (Å²) >= 11 is 1.40. The first-order valence-corrected chi connectivity index (χ1v) is 11.9. The van der Waals surface area contributed by atoms with E-state index in [9.17, 15) is 14.4 Å². The van der Waals surface area contributed by atoms with E-state index < -0.39 is 12.1 Å². The summed E-state index contributed by atoms with van der Waals surface area (Å²) in [6.45, 7) is 6.92. The molecule has 0 bridgehead atoms. The van der Waals surface area contributed by atoms with Gasteiger partial charge in [0.05, 0.1) is 17.9 Å². The van der Waals surface area contributed by atoms with Crippen molar-refractivity contribution in [2.75, 3.05) is 17.3 Å². The lowest BCUT2D eigenvalue weighted by molar-refractivity contribution is -0.763. The molecule has 0 aliphatic carbocycles. The number of amides is 1. The molecule has 1 aliphatic rings. The Kier molecular flexibility index (Phi) is 6.69. The highest BCUT2D eigenvalue weighted by atomic mass is 32.2. The van der Waals surface area contributed by atoms with Crippen LogP contribution in [0.5, 0.6) is 11.5 Å². The second-order valence-electron chi connectivity index (χ2n) is 7.50. The molecule has 0 fully saturated rings. The zero-order valence-electron chi connectivity index (χ0n) is 19.3. The summed E-state index contributed by atoms with van der Waals surface area (Å²) in [5, 5.41) is 5.15. The van der Waals surface area contributed by atoms with Crippen molar-refractivity contribution in [2.24, 2.45) is 0 Å². The molecule has 3 aromatic rings. The Balaban J connectivity index is 2.00. The number of anilines is 1. The lowest BCUT2D eigenvalue weighted by Gasteiger charge is -2.31. The van der Waals surface area contributed by atoms with Gasteiger partial charge in [0.1, 0.15) is 0 Å². The molecular formula is C24H25N4O5S+. The third-order valence-corrected chi connectivity index (χ3v) is 5.94. The number of nitrogens with zero attached hydrogens (tertiary/aromatic N) is 3. The maximum atomic E-state index is 13.2. The first-order valence-electron chi connectivity index (χ1n) is 10.9. The second-order valence-corrected chi connectivity index (χ2v) is 8.75. The minimum Gasteiger partial charge on any atom is -0.490 e. The molecule has 10 heteroatoms. The van der Waals surface area contributed by atoms with Crippen LogP contribution < -0.4 is 24.6 Å². The summed E-state index contributed by atoms with van der Waals surface area (Å²) in [4.78, 5) is 42.2. The number of hydrogen-bond acceptors (Lipinski definition) is 7. The zero-order valence-corrected chi connectivity index (χ0v) is 20.1. The van der Waals surface area contributed by atoms with Gasteiger partial charge in [-0.3, -0.25) is 19.4 Å². The van der Waals surface area contributed by atoms with E-state index in [0.717, 1.165) is 0 Å². The van der Waals surface area contributed by atoms with Crippen molar-refractivity contribution in [2.45, 2.75) is 39.0 Å². The van der Waals surface area contributed by atoms with Crippen LogP contribution in [-0.4, -0.2) is 34.3 Å². The number of carbonyl (C=O) groups is 2. The summed E-state index contributed by atoms with van der Waals surface area (Å²) < 4.78 is 12.6. The van der Waals surface area contributed by atoms with Crippen LogP contribution in [0.1, 0.15) is 39.4 Å². The number of rotatable bonds is 6. The second kappa shape index (κ2) is 9.68. The van der Waals surface area contributed by atoms with E-state index in [4.69, 9.17) is 14.6 Å². The van der Waals surface area contributed by atoms with Gasteiger partial charge in [-0.25, -0.2) is 4.90 Å². The van der Waals surface area contributed by atoms with Crippen LogP contribution in [0, 0.1) is 0 Å². The first-order chi connectivity index (χ1) is 16.3. The summed E-state index contributed by atoms with van der Waals surface area (Å²) in [6.07, 6.45) is -0.758. The topological polar surface area (TPSA) is 105 Å². The molecule has 34 heavy (non-hydrogen) atoms. The fraction of sp³-hybridized carbons (Fsp3) is 0.292. The molecule has 176 valence electrons. The lowest BCUT2D eigenvalue weighted by Crippen LogP contribution is -2.60. The van der Waals surface area contributed by atoms with Gasteiger partial charge in [0.25, 0.3) is 6.17 Å². The van der Waals surface area contributed by atoms with E-state index in [0.29, 0.717) is 45.8 Å². The average Bonchev–Trinajstić information content (AvgIpc) is 2.79. The fourth-order valence-electron chi connectivity index (χ4n) is 4.01. The van der Waals surface area contributed by atoms with Crippen LogP contribution in [-0.2, 0) is 9.59 Å². The van der Waals surface area contributed by atoms with Crippen LogP contribution in [0.4, 0.5) is 5.69 Å². The van der Waals surface area contributed by atoms with Gasteiger partial charge >= 0.3 is 17.2 Å². The van der Waals surface area contributed by atoms with Gasteiger partial charge in [0.15, 0.2) is 11.5 Å². The molecule has 0 unspecified atom stereocenters. The number of nitrogens with one attached hydrogen (secondary N) is 1. The quantitative estimate of drug-likeness (QED) is 0.250. The molecule has 1 N–H and O–H groups in total. The number of thioether (sulfide) groups is 1. The highest BCUT2D eigenvalue weighted by Gasteiger charge is 2.45. The Hall–Kier alpha value is -3.66. The Morgan fingerprint density at radius 1 is 1.15 bits per heavy atom. The van der Waals surface area contributed by atoms with Crippen LogP contribution >= 0.6 is 11.8 Å². The fourth-order valence-corrected chi connectivity index (χ4v) is 4.59. The number of ether oxygens (including phenoxy) is 2. The third kappa shape index (κ3) is 4.28. The van der Waals surface area contributed by atoms with Gasteiger partial charge in [0.2, 0.25) is 11.1 Å². The number of hydrogen-bond donors (Lipinski definition) is 1. The van der Waals surface area contributed by atoms with E-state index in [1.54, 1.807) is 39.9 Å². The number of H-pyrrole nitrogens is 1. The van der Waals surface area contributed by atoms with Crippen molar-refractivity contribution in [3.63, 3.8) is 0 Å². The van der Waals surface area contributed by atoms with Crippen LogP contribution in [0.15, 0.2) is 52.4 Å². The Labute approximate surface area is 200 Å². The first kappa shape index (κ1) is 23.5. The predicted molar refractivity (Wildman–Crippen MR) is 127 cm³/mol. The van der Waals surface area contributed by atoms with Gasteiger partial charge in [0, 0.05) is 24.5 Å². The maximum absolute atomic E-state index is 13.2.